The van der Waals surface area contributed by atoms with Crippen LogP contribution in [0.15, 0.2) is 16.6 Å². The van der Waals surface area contributed by atoms with Crippen molar-refractivity contribution < 1.29 is 17.9 Å². The van der Waals surface area contributed by atoms with E-state index in [2.05, 4.69) is 15.9 Å². The van der Waals surface area contributed by atoms with Crippen molar-refractivity contribution in [3.8, 4) is 5.75 Å². The predicted octanol–water partition coefficient (Wildman–Crippen LogP) is 4.62. The molecule has 0 saturated carbocycles. The first-order chi connectivity index (χ1) is 8.27. The lowest BCUT2D eigenvalue weighted by Crippen LogP contribution is -2.11. The number of aryl methyl sites for hydroxylation is 1. The Kier molecular flexibility index (Phi) is 3.27. The van der Waals surface area contributed by atoms with E-state index in [-0.39, 0.29) is 9.50 Å². The average Bonchev–Trinajstić information content (AvgIpc) is 2.49. The van der Waals surface area contributed by atoms with Crippen LogP contribution >= 0.6 is 27.5 Å². The number of alkyl halides is 3. The topological polar surface area (TPSA) is 14.2 Å². The normalized spacial score (nSPS) is 12.2. The summed E-state index contributed by atoms with van der Waals surface area (Å²) in [4.78, 5) is 0. The summed E-state index contributed by atoms with van der Waals surface area (Å²) in [6.45, 7) is 0. The summed E-state index contributed by atoms with van der Waals surface area (Å²) in [6, 6.07) is 2.94. The quantitative estimate of drug-likeness (QED) is 0.737. The molecular weight excluding hydrogens is 334 g/mol. The second kappa shape index (κ2) is 4.35. The molecule has 0 atom stereocenters. The van der Waals surface area contributed by atoms with Gasteiger partial charge in [-0.2, -0.15) is 13.2 Å². The third-order valence-corrected chi connectivity index (χ3v) is 3.78. The molecule has 98 valence electrons. The summed E-state index contributed by atoms with van der Waals surface area (Å²) in [6.07, 6.45) is -4.44. The molecule has 0 N–H and O–H groups in total. The van der Waals surface area contributed by atoms with Crippen LogP contribution in [0.5, 0.6) is 5.75 Å². The molecular formula is C11H8BrClF3NO. The highest BCUT2D eigenvalue weighted by Crippen LogP contribution is 2.43. The zero-order valence-corrected chi connectivity index (χ0v) is 11.7. The minimum atomic E-state index is -4.44. The number of halogens is 5. The molecule has 0 spiro atoms. The molecule has 0 unspecified atom stereocenters. The predicted molar refractivity (Wildman–Crippen MR) is 67.2 cm³/mol. The Labute approximate surface area is 114 Å². The first-order valence-electron chi connectivity index (χ1n) is 4.86. The minimum absolute atomic E-state index is 0.0116. The molecule has 2 aromatic rings. The zero-order valence-electron chi connectivity index (χ0n) is 9.40. The summed E-state index contributed by atoms with van der Waals surface area (Å²) in [5, 5.41) is 0.679. The lowest BCUT2D eigenvalue weighted by molar-refractivity contribution is -0.143. The highest BCUT2D eigenvalue weighted by atomic mass is 79.9. The number of benzene rings is 1. The summed E-state index contributed by atoms with van der Waals surface area (Å²) >= 11 is 8.90. The van der Waals surface area contributed by atoms with Gasteiger partial charge in [0.05, 0.1) is 22.1 Å². The third-order valence-electron chi connectivity index (χ3n) is 2.68. The number of nitrogens with zero attached hydrogens (tertiary/aromatic N) is 1. The van der Waals surface area contributed by atoms with Crippen molar-refractivity contribution in [1.29, 1.82) is 0 Å². The number of methoxy groups -OCH3 is 1. The van der Waals surface area contributed by atoms with E-state index in [4.69, 9.17) is 16.3 Å². The fraction of sp³-hybridized carbons (Fsp3) is 0.273. The molecule has 1 aromatic heterocycles. The van der Waals surface area contributed by atoms with Gasteiger partial charge in [0, 0.05) is 12.4 Å². The lowest BCUT2D eigenvalue weighted by atomic mass is 10.2. The standard InChI is InChI=1S/C11H8BrClF3NO/c1-17-7-4-6(13)8(18-2)3-5(7)9(12)10(17)11(14,15)16/h3-4H,1-2H3. The smallest absolute Gasteiger partial charge is 0.432 e. The number of rotatable bonds is 1. The Balaban J connectivity index is 2.86. The van der Waals surface area contributed by atoms with Crippen LogP contribution in [0.4, 0.5) is 13.2 Å². The number of hydrogen-bond donors (Lipinski definition) is 0. The van der Waals surface area contributed by atoms with E-state index in [1.54, 1.807) is 0 Å². The summed E-state index contributed by atoms with van der Waals surface area (Å²) in [5.74, 6) is 0.337. The fourth-order valence-electron chi connectivity index (χ4n) is 1.86. The molecule has 0 aliphatic carbocycles. The molecule has 1 aromatic carbocycles. The van der Waals surface area contributed by atoms with E-state index < -0.39 is 11.9 Å². The monoisotopic (exact) mass is 341 g/mol. The van der Waals surface area contributed by atoms with Crippen molar-refractivity contribution in [1.82, 2.24) is 4.57 Å². The summed E-state index contributed by atoms with van der Waals surface area (Å²) in [7, 11) is 2.76. The number of hydrogen-bond acceptors (Lipinski definition) is 1. The molecule has 1 heterocycles. The largest absolute Gasteiger partial charge is 0.495 e. The van der Waals surface area contributed by atoms with Crippen LogP contribution in [0.2, 0.25) is 5.02 Å². The van der Waals surface area contributed by atoms with Crippen LogP contribution in [0.3, 0.4) is 0 Å². The molecule has 0 saturated heterocycles. The zero-order chi connectivity index (χ0) is 13.7. The Bertz CT molecular complexity index is 621. The number of fused-ring (bicyclic) bond motifs is 1. The molecule has 0 bridgehead atoms. The van der Waals surface area contributed by atoms with Gasteiger partial charge >= 0.3 is 6.18 Å². The Hall–Kier alpha value is -0.880. The highest BCUT2D eigenvalue weighted by Gasteiger charge is 2.38. The van der Waals surface area contributed by atoms with E-state index in [1.165, 1.54) is 26.3 Å². The van der Waals surface area contributed by atoms with Gasteiger partial charge in [0.15, 0.2) is 0 Å². The lowest BCUT2D eigenvalue weighted by Gasteiger charge is -2.08. The van der Waals surface area contributed by atoms with Gasteiger partial charge in [-0.1, -0.05) is 11.6 Å². The molecule has 0 aliphatic heterocycles. The van der Waals surface area contributed by atoms with E-state index in [0.717, 1.165) is 4.57 Å². The van der Waals surface area contributed by atoms with Gasteiger partial charge < -0.3 is 9.30 Å². The minimum Gasteiger partial charge on any atom is -0.495 e. The van der Waals surface area contributed by atoms with Crippen molar-refractivity contribution in [2.75, 3.05) is 7.11 Å². The van der Waals surface area contributed by atoms with Crippen LogP contribution in [-0.2, 0) is 13.2 Å². The SMILES string of the molecule is COc1cc2c(Br)c(C(F)(F)F)n(C)c2cc1Cl. The van der Waals surface area contributed by atoms with Crippen LogP contribution < -0.4 is 4.74 Å². The van der Waals surface area contributed by atoms with Crippen molar-refractivity contribution in [3.05, 3.63) is 27.3 Å². The van der Waals surface area contributed by atoms with Gasteiger partial charge in [-0.15, -0.1) is 0 Å². The van der Waals surface area contributed by atoms with Crippen molar-refractivity contribution >= 4 is 38.4 Å². The van der Waals surface area contributed by atoms with Crippen LogP contribution in [-0.4, -0.2) is 11.7 Å². The molecule has 0 aliphatic rings. The first kappa shape index (κ1) is 13.5. The molecule has 2 rings (SSSR count). The molecule has 0 radical (unpaired) electrons. The van der Waals surface area contributed by atoms with E-state index in [1.807, 2.05) is 0 Å². The van der Waals surface area contributed by atoms with E-state index in [0.29, 0.717) is 16.7 Å². The Morgan fingerprint density at radius 3 is 2.44 bits per heavy atom. The van der Waals surface area contributed by atoms with Crippen LogP contribution in [0.1, 0.15) is 5.69 Å². The third kappa shape index (κ3) is 1.97. The summed E-state index contributed by atoms with van der Waals surface area (Å²) in [5.41, 5.74) is -0.359. The second-order valence-corrected chi connectivity index (χ2v) is 4.92. The maximum absolute atomic E-state index is 12.9. The van der Waals surface area contributed by atoms with Crippen LogP contribution in [0, 0.1) is 0 Å². The van der Waals surface area contributed by atoms with Gasteiger partial charge in [-0.25, -0.2) is 0 Å². The highest BCUT2D eigenvalue weighted by molar-refractivity contribution is 9.10. The maximum atomic E-state index is 12.9. The fourth-order valence-corrected chi connectivity index (χ4v) is 2.91. The molecule has 18 heavy (non-hydrogen) atoms. The van der Waals surface area contributed by atoms with Gasteiger partial charge in [0.1, 0.15) is 11.4 Å². The Morgan fingerprint density at radius 2 is 1.94 bits per heavy atom. The molecule has 0 amide bonds. The van der Waals surface area contributed by atoms with Crippen molar-refractivity contribution in [2.24, 2.45) is 7.05 Å². The first-order valence-corrected chi connectivity index (χ1v) is 6.03. The second-order valence-electron chi connectivity index (χ2n) is 3.72. The average molecular weight is 343 g/mol. The van der Waals surface area contributed by atoms with Gasteiger partial charge in [-0.05, 0) is 28.1 Å². The van der Waals surface area contributed by atoms with E-state index in [9.17, 15) is 13.2 Å². The van der Waals surface area contributed by atoms with Crippen molar-refractivity contribution in [3.63, 3.8) is 0 Å². The molecule has 7 heteroatoms. The Morgan fingerprint density at radius 1 is 1.33 bits per heavy atom. The van der Waals surface area contributed by atoms with Crippen molar-refractivity contribution in [2.45, 2.75) is 6.18 Å². The maximum Gasteiger partial charge on any atom is 0.432 e. The van der Waals surface area contributed by atoms with Gasteiger partial charge in [0.25, 0.3) is 0 Å². The van der Waals surface area contributed by atoms with Gasteiger partial charge in [-0.3, -0.25) is 0 Å². The van der Waals surface area contributed by atoms with Crippen LogP contribution in [0.25, 0.3) is 10.9 Å². The summed E-state index contributed by atoms with van der Waals surface area (Å²) < 4.78 is 44.8. The van der Waals surface area contributed by atoms with E-state index >= 15 is 0 Å². The molecule has 0 fully saturated rings. The number of aromatic nitrogens is 1. The van der Waals surface area contributed by atoms with Gasteiger partial charge in [0.2, 0.25) is 0 Å². The number of ether oxygens (including phenoxy) is 1. The molecule has 2 nitrogen and oxygen atoms in total.